The van der Waals surface area contributed by atoms with Crippen LogP contribution in [0.3, 0.4) is 0 Å². The number of rotatable bonds is 5. The third kappa shape index (κ3) is 4.26. The van der Waals surface area contributed by atoms with E-state index >= 15 is 0 Å². The number of nitrogens with one attached hydrogen (secondary N) is 1. The quantitative estimate of drug-likeness (QED) is 0.848. The van der Waals surface area contributed by atoms with Gasteiger partial charge in [0, 0.05) is 11.9 Å². The molecule has 3 nitrogen and oxygen atoms in total. The van der Waals surface area contributed by atoms with Crippen LogP contribution in [-0.2, 0) is 0 Å². The van der Waals surface area contributed by atoms with Crippen LogP contribution in [0.5, 0.6) is 0 Å². The van der Waals surface area contributed by atoms with Gasteiger partial charge in [-0.05, 0) is 47.8 Å². The molecule has 5 heteroatoms. The Morgan fingerprint density at radius 1 is 1.67 bits per heavy atom. The molecule has 0 aromatic carbocycles. The van der Waals surface area contributed by atoms with Crippen molar-refractivity contribution in [3.63, 3.8) is 0 Å². The maximum Gasteiger partial charge on any atom is 0.287 e. The van der Waals surface area contributed by atoms with Crippen molar-refractivity contribution in [2.24, 2.45) is 0 Å². The van der Waals surface area contributed by atoms with Crippen molar-refractivity contribution in [3.05, 3.63) is 22.6 Å². The van der Waals surface area contributed by atoms with E-state index in [4.69, 9.17) is 16.0 Å². The molecule has 0 saturated heterocycles. The Bertz CT molecular complexity index is 327. The highest BCUT2D eigenvalue weighted by Gasteiger charge is 2.12. The summed E-state index contributed by atoms with van der Waals surface area (Å²) < 4.78 is 5.69. The van der Waals surface area contributed by atoms with Gasteiger partial charge in [0.2, 0.25) is 0 Å². The van der Waals surface area contributed by atoms with Gasteiger partial charge in [0.05, 0.1) is 0 Å². The minimum Gasteiger partial charge on any atom is -0.444 e. The fourth-order valence-electron chi connectivity index (χ4n) is 1.19. The van der Waals surface area contributed by atoms with Crippen molar-refractivity contribution in [1.29, 1.82) is 0 Å². The SMILES string of the molecule is CC(CCCCl)NC(=O)c1ccc(Br)o1. The summed E-state index contributed by atoms with van der Waals surface area (Å²) in [5.74, 6) is 0.745. The van der Waals surface area contributed by atoms with Crippen molar-refractivity contribution >= 4 is 33.4 Å². The summed E-state index contributed by atoms with van der Waals surface area (Å²) in [5.41, 5.74) is 0. The monoisotopic (exact) mass is 293 g/mol. The summed E-state index contributed by atoms with van der Waals surface area (Å²) in [7, 11) is 0. The van der Waals surface area contributed by atoms with Gasteiger partial charge in [0.1, 0.15) is 0 Å². The van der Waals surface area contributed by atoms with Crippen LogP contribution >= 0.6 is 27.5 Å². The van der Waals surface area contributed by atoms with Gasteiger partial charge < -0.3 is 9.73 Å². The van der Waals surface area contributed by atoms with E-state index in [9.17, 15) is 4.79 Å². The van der Waals surface area contributed by atoms with Gasteiger partial charge in [-0.15, -0.1) is 11.6 Å². The molecule has 1 aromatic rings. The van der Waals surface area contributed by atoms with Crippen LogP contribution in [0.15, 0.2) is 21.2 Å². The lowest BCUT2D eigenvalue weighted by Crippen LogP contribution is -2.32. The van der Waals surface area contributed by atoms with Gasteiger partial charge in [-0.2, -0.15) is 0 Å². The number of alkyl halides is 1. The van der Waals surface area contributed by atoms with E-state index in [1.807, 2.05) is 6.92 Å². The predicted octanol–water partition coefficient (Wildman–Crippen LogP) is 3.18. The second-order valence-electron chi connectivity index (χ2n) is 3.31. The summed E-state index contributed by atoms with van der Waals surface area (Å²) in [5, 5.41) is 2.83. The molecule has 1 heterocycles. The summed E-state index contributed by atoms with van der Waals surface area (Å²) >= 11 is 8.71. The normalized spacial score (nSPS) is 12.5. The summed E-state index contributed by atoms with van der Waals surface area (Å²) in [6, 6.07) is 3.44. The van der Waals surface area contributed by atoms with Crippen molar-refractivity contribution in [2.45, 2.75) is 25.8 Å². The number of halogens is 2. The first-order valence-electron chi connectivity index (χ1n) is 4.75. The van der Waals surface area contributed by atoms with E-state index in [2.05, 4.69) is 21.2 Å². The number of carbonyl (C=O) groups is 1. The van der Waals surface area contributed by atoms with Crippen LogP contribution in [-0.4, -0.2) is 17.8 Å². The smallest absolute Gasteiger partial charge is 0.287 e. The topological polar surface area (TPSA) is 42.2 Å². The lowest BCUT2D eigenvalue weighted by Gasteiger charge is -2.11. The average molecular weight is 295 g/mol. The first kappa shape index (κ1) is 12.6. The van der Waals surface area contributed by atoms with Crippen molar-refractivity contribution in [1.82, 2.24) is 5.32 Å². The number of hydrogen-bond acceptors (Lipinski definition) is 2. The molecule has 1 aromatic heterocycles. The van der Waals surface area contributed by atoms with Crippen molar-refractivity contribution < 1.29 is 9.21 Å². The number of amides is 1. The molecular weight excluding hydrogens is 281 g/mol. The molecule has 0 aliphatic carbocycles. The van der Waals surface area contributed by atoms with Crippen LogP contribution in [0.25, 0.3) is 0 Å². The van der Waals surface area contributed by atoms with Crippen LogP contribution in [0.1, 0.15) is 30.3 Å². The summed E-state index contributed by atoms with van der Waals surface area (Å²) in [6.07, 6.45) is 1.77. The molecule has 1 atom stereocenters. The van der Waals surface area contributed by atoms with Gasteiger partial charge in [-0.1, -0.05) is 0 Å². The predicted molar refractivity (Wildman–Crippen MR) is 63.3 cm³/mol. The molecule has 0 radical (unpaired) electrons. The third-order valence-electron chi connectivity index (χ3n) is 1.95. The molecule has 0 fully saturated rings. The lowest BCUT2D eigenvalue weighted by atomic mass is 10.2. The Morgan fingerprint density at radius 3 is 2.93 bits per heavy atom. The maximum atomic E-state index is 11.6. The van der Waals surface area contributed by atoms with E-state index in [-0.39, 0.29) is 11.9 Å². The molecule has 0 saturated carbocycles. The first-order chi connectivity index (χ1) is 7.13. The Hall–Kier alpha value is -0.480. The molecule has 0 aliphatic rings. The fourth-order valence-corrected chi connectivity index (χ4v) is 1.65. The molecule has 1 amide bonds. The minimum absolute atomic E-state index is 0.111. The number of carbonyl (C=O) groups excluding carboxylic acids is 1. The van der Waals surface area contributed by atoms with Crippen molar-refractivity contribution in [3.8, 4) is 0 Å². The standard InChI is InChI=1S/C10H13BrClNO2/c1-7(3-2-6-12)13-10(14)8-4-5-9(11)15-8/h4-5,7H,2-3,6H2,1H3,(H,13,14). The van der Waals surface area contributed by atoms with Gasteiger partial charge >= 0.3 is 0 Å². The average Bonchev–Trinajstić information content (AvgIpc) is 2.61. The highest BCUT2D eigenvalue weighted by atomic mass is 79.9. The Morgan fingerprint density at radius 2 is 2.40 bits per heavy atom. The zero-order chi connectivity index (χ0) is 11.3. The van der Waals surface area contributed by atoms with Crippen LogP contribution in [0, 0.1) is 0 Å². The third-order valence-corrected chi connectivity index (χ3v) is 2.64. The molecule has 0 aliphatic heterocycles. The first-order valence-corrected chi connectivity index (χ1v) is 6.08. The zero-order valence-electron chi connectivity index (χ0n) is 8.43. The zero-order valence-corrected chi connectivity index (χ0v) is 10.8. The van der Waals surface area contributed by atoms with Crippen molar-refractivity contribution in [2.75, 3.05) is 5.88 Å². The number of furan rings is 1. The second kappa shape index (κ2) is 6.18. The van der Waals surface area contributed by atoms with Crippen LogP contribution in [0.2, 0.25) is 0 Å². The Labute approximate surface area is 102 Å². The summed E-state index contributed by atoms with van der Waals surface area (Å²) in [4.78, 5) is 11.6. The van der Waals surface area contributed by atoms with E-state index in [0.717, 1.165) is 12.8 Å². The second-order valence-corrected chi connectivity index (χ2v) is 4.47. The van der Waals surface area contributed by atoms with Gasteiger partial charge in [-0.3, -0.25) is 4.79 Å². The van der Waals surface area contributed by atoms with Crippen LogP contribution < -0.4 is 5.32 Å². The maximum absolute atomic E-state index is 11.6. The van der Waals surface area contributed by atoms with E-state index in [1.54, 1.807) is 12.1 Å². The minimum atomic E-state index is -0.192. The largest absolute Gasteiger partial charge is 0.444 e. The van der Waals surface area contributed by atoms with Gasteiger partial charge in [-0.25, -0.2) is 0 Å². The van der Waals surface area contributed by atoms with E-state index < -0.39 is 0 Å². The molecular formula is C10H13BrClNO2. The highest BCUT2D eigenvalue weighted by molar-refractivity contribution is 9.10. The summed E-state index contributed by atoms with van der Waals surface area (Å²) in [6.45, 7) is 1.95. The highest BCUT2D eigenvalue weighted by Crippen LogP contribution is 2.14. The molecule has 1 unspecified atom stereocenters. The Kier molecular flexibility index (Phi) is 5.19. The molecule has 1 rings (SSSR count). The van der Waals surface area contributed by atoms with Gasteiger partial charge in [0.15, 0.2) is 10.4 Å². The number of hydrogen-bond donors (Lipinski definition) is 1. The molecule has 1 N–H and O–H groups in total. The van der Waals surface area contributed by atoms with E-state index in [0.29, 0.717) is 16.3 Å². The molecule has 84 valence electrons. The lowest BCUT2D eigenvalue weighted by molar-refractivity contribution is 0.0909. The van der Waals surface area contributed by atoms with E-state index in [1.165, 1.54) is 0 Å². The molecule has 0 spiro atoms. The fraction of sp³-hybridized carbons (Fsp3) is 0.500. The molecule has 0 bridgehead atoms. The van der Waals surface area contributed by atoms with Gasteiger partial charge in [0.25, 0.3) is 5.91 Å². The Balaban J connectivity index is 2.42. The van der Waals surface area contributed by atoms with Crippen LogP contribution in [0.4, 0.5) is 0 Å². The molecule has 15 heavy (non-hydrogen) atoms.